The molecule has 2 N–H and O–H groups in total. The normalized spacial score (nSPS) is 20.0. The van der Waals surface area contributed by atoms with Crippen molar-refractivity contribution in [3.8, 4) is 0 Å². The monoisotopic (exact) mass is 341 g/mol. The van der Waals surface area contributed by atoms with Crippen LogP contribution in [0.2, 0.25) is 0 Å². The van der Waals surface area contributed by atoms with Crippen molar-refractivity contribution in [3.63, 3.8) is 0 Å². The maximum atomic E-state index is 12.2. The largest absolute Gasteiger partial charge is 0.317 e. The number of nitrogens with one attached hydrogen (secondary N) is 2. The Morgan fingerprint density at radius 3 is 2.61 bits per heavy atom. The van der Waals surface area contributed by atoms with Crippen LogP contribution >= 0.6 is 12.4 Å². The summed E-state index contributed by atoms with van der Waals surface area (Å²) in [4.78, 5) is 16.8. The second-order valence-corrected chi connectivity index (χ2v) is 6.70. The summed E-state index contributed by atoms with van der Waals surface area (Å²) in [5.41, 5.74) is 0. The number of rotatable bonds is 4. The number of piperidine rings is 1. The van der Waals surface area contributed by atoms with E-state index in [1.807, 2.05) is 7.05 Å². The molecule has 0 spiro atoms. The summed E-state index contributed by atoms with van der Waals surface area (Å²) in [6.45, 7) is 2.04. The zero-order valence-corrected chi connectivity index (χ0v) is 14.7. The van der Waals surface area contributed by atoms with Gasteiger partial charge in [0.1, 0.15) is 0 Å². The van der Waals surface area contributed by atoms with E-state index in [2.05, 4.69) is 20.7 Å². The predicted octanol–water partition coefficient (Wildman–Crippen LogP) is 2.61. The van der Waals surface area contributed by atoms with E-state index in [1.165, 1.54) is 32.1 Å². The van der Waals surface area contributed by atoms with E-state index in [0.717, 1.165) is 31.8 Å². The topological polar surface area (TPSA) is 71.8 Å². The standard InChI is InChI=1S/C16H27N5O.ClH/c1-21-16(18-14(22)11-12-5-3-2-4-6-12)19-15(20-21)13-7-9-17-10-8-13;/h12-13,17H,2-11H2,1H3,(H,18,19,20,22);1H. The molecule has 0 unspecified atom stereocenters. The van der Waals surface area contributed by atoms with Gasteiger partial charge in [0.15, 0.2) is 5.82 Å². The molecule has 23 heavy (non-hydrogen) atoms. The number of halogens is 1. The molecule has 1 aromatic heterocycles. The van der Waals surface area contributed by atoms with Crippen LogP contribution in [-0.4, -0.2) is 33.8 Å². The Hall–Kier alpha value is -1.14. The van der Waals surface area contributed by atoms with Gasteiger partial charge in [-0.25, -0.2) is 4.68 Å². The third-order valence-electron chi connectivity index (χ3n) is 4.93. The Bertz CT molecular complexity index is 507. The molecule has 1 saturated heterocycles. The first kappa shape index (κ1) is 18.2. The minimum atomic E-state index is 0. The highest BCUT2D eigenvalue weighted by Gasteiger charge is 2.22. The van der Waals surface area contributed by atoms with Gasteiger partial charge in [0.05, 0.1) is 0 Å². The number of anilines is 1. The molecule has 1 saturated carbocycles. The fourth-order valence-electron chi connectivity index (χ4n) is 3.60. The van der Waals surface area contributed by atoms with Crippen molar-refractivity contribution in [1.82, 2.24) is 20.1 Å². The SMILES string of the molecule is Cl.Cn1nc(C2CCNCC2)nc1NC(=O)CC1CCCCC1. The molecule has 6 nitrogen and oxygen atoms in total. The number of amides is 1. The van der Waals surface area contributed by atoms with Crippen molar-refractivity contribution in [2.75, 3.05) is 18.4 Å². The summed E-state index contributed by atoms with van der Waals surface area (Å²) in [6, 6.07) is 0. The van der Waals surface area contributed by atoms with Crippen LogP contribution < -0.4 is 10.6 Å². The van der Waals surface area contributed by atoms with Gasteiger partial charge in [0.2, 0.25) is 11.9 Å². The second-order valence-electron chi connectivity index (χ2n) is 6.70. The van der Waals surface area contributed by atoms with Crippen molar-refractivity contribution in [2.45, 2.75) is 57.3 Å². The van der Waals surface area contributed by atoms with Crippen molar-refractivity contribution < 1.29 is 4.79 Å². The fourth-order valence-corrected chi connectivity index (χ4v) is 3.60. The summed E-state index contributed by atoms with van der Waals surface area (Å²) in [6.07, 6.45) is 8.98. The van der Waals surface area contributed by atoms with Crippen LogP contribution in [0.15, 0.2) is 0 Å². The number of hydrogen-bond donors (Lipinski definition) is 2. The predicted molar refractivity (Wildman–Crippen MR) is 92.9 cm³/mol. The Labute approximate surface area is 144 Å². The lowest BCUT2D eigenvalue weighted by molar-refractivity contribution is -0.117. The minimum Gasteiger partial charge on any atom is -0.317 e. The van der Waals surface area contributed by atoms with Crippen LogP contribution in [0, 0.1) is 5.92 Å². The zero-order valence-electron chi connectivity index (χ0n) is 13.9. The third-order valence-corrected chi connectivity index (χ3v) is 4.93. The Balaban J connectivity index is 0.00000192. The van der Waals surface area contributed by atoms with Gasteiger partial charge in [-0.05, 0) is 44.7 Å². The highest BCUT2D eigenvalue weighted by molar-refractivity contribution is 5.89. The molecule has 0 atom stereocenters. The Morgan fingerprint density at radius 1 is 1.22 bits per heavy atom. The molecule has 130 valence electrons. The molecule has 1 aliphatic heterocycles. The molecular weight excluding hydrogens is 314 g/mol. The van der Waals surface area contributed by atoms with E-state index < -0.39 is 0 Å². The van der Waals surface area contributed by atoms with E-state index >= 15 is 0 Å². The zero-order chi connectivity index (χ0) is 15.4. The lowest BCUT2D eigenvalue weighted by Gasteiger charge is -2.20. The summed E-state index contributed by atoms with van der Waals surface area (Å²) in [5.74, 6) is 2.51. The number of carbonyl (C=O) groups is 1. The van der Waals surface area contributed by atoms with Crippen LogP contribution in [0.3, 0.4) is 0 Å². The van der Waals surface area contributed by atoms with E-state index in [4.69, 9.17) is 0 Å². The van der Waals surface area contributed by atoms with Crippen LogP contribution in [0.5, 0.6) is 0 Å². The summed E-state index contributed by atoms with van der Waals surface area (Å²) in [5, 5.41) is 10.8. The first-order valence-corrected chi connectivity index (χ1v) is 8.64. The van der Waals surface area contributed by atoms with Crippen molar-refractivity contribution >= 4 is 24.3 Å². The van der Waals surface area contributed by atoms with Gasteiger partial charge < -0.3 is 5.32 Å². The molecule has 3 rings (SSSR count). The van der Waals surface area contributed by atoms with Crippen molar-refractivity contribution in [3.05, 3.63) is 5.82 Å². The Kier molecular flexibility index (Phi) is 6.84. The average molecular weight is 342 g/mol. The number of aryl methyl sites for hydroxylation is 1. The quantitative estimate of drug-likeness (QED) is 0.883. The van der Waals surface area contributed by atoms with Crippen molar-refractivity contribution in [1.29, 1.82) is 0 Å². The van der Waals surface area contributed by atoms with Crippen molar-refractivity contribution in [2.24, 2.45) is 13.0 Å². The second kappa shape index (κ2) is 8.64. The molecule has 2 heterocycles. The van der Waals surface area contributed by atoms with E-state index in [-0.39, 0.29) is 18.3 Å². The van der Waals surface area contributed by atoms with Gasteiger partial charge in [-0.1, -0.05) is 19.3 Å². The molecule has 1 amide bonds. The molecule has 0 bridgehead atoms. The third kappa shape index (κ3) is 4.91. The van der Waals surface area contributed by atoms with Gasteiger partial charge in [-0.15, -0.1) is 12.4 Å². The molecular formula is C16H28ClN5O. The minimum absolute atomic E-state index is 0. The van der Waals surface area contributed by atoms with Gasteiger partial charge in [0.25, 0.3) is 0 Å². The summed E-state index contributed by atoms with van der Waals surface area (Å²) in [7, 11) is 1.85. The van der Waals surface area contributed by atoms with Crippen LogP contribution in [0.25, 0.3) is 0 Å². The molecule has 2 aliphatic rings. The first-order valence-electron chi connectivity index (χ1n) is 8.64. The highest BCUT2D eigenvalue weighted by Crippen LogP contribution is 2.27. The Morgan fingerprint density at radius 2 is 1.91 bits per heavy atom. The summed E-state index contributed by atoms with van der Waals surface area (Å²) < 4.78 is 1.70. The van der Waals surface area contributed by atoms with Gasteiger partial charge in [0, 0.05) is 19.4 Å². The maximum Gasteiger partial charge on any atom is 0.227 e. The number of hydrogen-bond acceptors (Lipinski definition) is 4. The molecule has 1 aromatic rings. The fraction of sp³-hybridized carbons (Fsp3) is 0.812. The number of carbonyl (C=O) groups excluding carboxylic acids is 1. The molecule has 1 aliphatic carbocycles. The molecule has 2 fully saturated rings. The van der Waals surface area contributed by atoms with E-state index in [1.54, 1.807) is 4.68 Å². The molecule has 0 radical (unpaired) electrons. The number of nitrogens with zero attached hydrogens (tertiary/aromatic N) is 3. The summed E-state index contributed by atoms with van der Waals surface area (Å²) >= 11 is 0. The van der Waals surface area contributed by atoms with Crippen LogP contribution in [-0.2, 0) is 11.8 Å². The molecule has 7 heteroatoms. The maximum absolute atomic E-state index is 12.2. The smallest absolute Gasteiger partial charge is 0.227 e. The van der Waals surface area contributed by atoms with Gasteiger partial charge in [-0.2, -0.15) is 10.1 Å². The lowest BCUT2D eigenvalue weighted by Crippen LogP contribution is -2.27. The van der Waals surface area contributed by atoms with E-state index in [9.17, 15) is 4.79 Å². The highest BCUT2D eigenvalue weighted by atomic mass is 35.5. The van der Waals surface area contributed by atoms with Crippen LogP contribution in [0.4, 0.5) is 5.95 Å². The van der Waals surface area contributed by atoms with Gasteiger partial charge in [-0.3, -0.25) is 10.1 Å². The number of aromatic nitrogens is 3. The van der Waals surface area contributed by atoms with Crippen LogP contribution in [0.1, 0.15) is 63.1 Å². The first-order chi connectivity index (χ1) is 10.7. The average Bonchev–Trinajstić information content (AvgIpc) is 2.90. The molecule has 0 aromatic carbocycles. The van der Waals surface area contributed by atoms with Gasteiger partial charge >= 0.3 is 0 Å². The lowest BCUT2D eigenvalue weighted by atomic mass is 9.87. The van der Waals surface area contributed by atoms with E-state index in [0.29, 0.717) is 24.2 Å².